The average molecular weight is 261 g/mol. The highest BCUT2D eigenvalue weighted by Crippen LogP contribution is 2.29. The number of rotatable bonds is 2. The van der Waals surface area contributed by atoms with Crippen molar-refractivity contribution in [1.29, 1.82) is 0 Å². The largest absolute Gasteiger partial charge is 0.507 e. The molecule has 74 valence electrons. The highest BCUT2D eigenvalue weighted by molar-refractivity contribution is 9.10. The molecule has 0 heterocycles. The summed E-state index contributed by atoms with van der Waals surface area (Å²) in [4.78, 5) is 10.2. The summed E-state index contributed by atoms with van der Waals surface area (Å²) in [7, 11) is 0. The van der Waals surface area contributed by atoms with Crippen molar-refractivity contribution in [3.8, 4) is 5.75 Å². The van der Waals surface area contributed by atoms with Gasteiger partial charge in [0.05, 0.1) is 4.47 Å². The van der Waals surface area contributed by atoms with Gasteiger partial charge < -0.3 is 10.2 Å². The van der Waals surface area contributed by atoms with Gasteiger partial charge in [0.1, 0.15) is 11.6 Å². The monoisotopic (exact) mass is 260 g/mol. The molecule has 2 N–H and O–H groups in total. The Labute approximate surface area is 87.6 Å². The molecule has 0 unspecified atom stereocenters. The Balaban J connectivity index is 3.14. The molecule has 0 radical (unpaired) electrons. The van der Waals surface area contributed by atoms with Crippen LogP contribution in [0.3, 0.4) is 0 Å². The molecule has 3 nitrogen and oxygen atoms in total. The van der Waals surface area contributed by atoms with Crippen LogP contribution in [0, 0.1) is 5.82 Å². The zero-order valence-corrected chi connectivity index (χ0v) is 8.45. The van der Waals surface area contributed by atoms with E-state index in [4.69, 9.17) is 5.11 Å². The van der Waals surface area contributed by atoms with Crippen molar-refractivity contribution in [3.05, 3.63) is 34.1 Å². The van der Waals surface area contributed by atoms with Gasteiger partial charge in [-0.05, 0) is 33.6 Å². The Morgan fingerprint density at radius 1 is 1.50 bits per heavy atom. The van der Waals surface area contributed by atoms with E-state index in [9.17, 15) is 14.3 Å². The van der Waals surface area contributed by atoms with Crippen molar-refractivity contribution in [1.82, 2.24) is 0 Å². The summed E-state index contributed by atoms with van der Waals surface area (Å²) in [5.41, 5.74) is 0.268. The minimum atomic E-state index is -1.14. The van der Waals surface area contributed by atoms with Gasteiger partial charge >= 0.3 is 5.97 Å². The number of aromatic hydroxyl groups is 1. The zero-order valence-electron chi connectivity index (χ0n) is 6.87. The van der Waals surface area contributed by atoms with Crippen LogP contribution in [0.5, 0.6) is 5.75 Å². The van der Waals surface area contributed by atoms with Crippen LogP contribution in [0.15, 0.2) is 22.7 Å². The van der Waals surface area contributed by atoms with Crippen LogP contribution < -0.4 is 0 Å². The van der Waals surface area contributed by atoms with Gasteiger partial charge in [-0.3, -0.25) is 0 Å². The van der Waals surface area contributed by atoms with Crippen LogP contribution in [0.4, 0.5) is 4.39 Å². The third-order valence-corrected chi connectivity index (χ3v) is 2.32. The van der Waals surface area contributed by atoms with Crippen LogP contribution in [0.2, 0.25) is 0 Å². The molecule has 0 bridgehead atoms. The van der Waals surface area contributed by atoms with Crippen molar-refractivity contribution in [2.75, 3.05) is 0 Å². The summed E-state index contributed by atoms with van der Waals surface area (Å²) in [6.07, 6.45) is 2.05. The zero-order chi connectivity index (χ0) is 10.7. The van der Waals surface area contributed by atoms with Gasteiger partial charge in [0.15, 0.2) is 0 Å². The number of carboxylic acid groups (broad SMARTS) is 1. The molecule has 0 aliphatic rings. The highest BCUT2D eigenvalue weighted by atomic mass is 79.9. The summed E-state index contributed by atoms with van der Waals surface area (Å²) in [5.74, 6) is -2.04. The number of benzene rings is 1. The quantitative estimate of drug-likeness (QED) is 0.803. The lowest BCUT2D eigenvalue weighted by Crippen LogP contribution is -1.87. The van der Waals surface area contributed by atoms with E-state index in [2.05, 4.69) is 15.9 Å². The maximum absolute atomic E-state index is 12.8. The van der Waals surface area contributed by atoms with Crippen LogP contribution in [-0.2, 0) is 4.79 Å². The number of phenols is 1. The highest BCUT2D eigenvalue weighted by Gasteiger charge is 2.05. The lowest BCUT2D eigenvalue weighted by atomic mass is 10.2. The molecule has 0 aliphatic carbocycles. The summed E-state index contributed by atoms with van der Waals surface area (Å²) in [5, 5.41) is 17.5. The SMILES string of the molecule is O=C(O)/C=C/c1cc(F)cc(O)c1Br. The summed E-state index contributed by atoms with van der Waals surface area (Å²) >= 11 is 3.00. The van der Waals surface area contributed by atoms with Gasteiger partial charge in [-0.2, -0.15) is 0 Å². The van der Waals surface area contributed by atoms with Crippen molar-refractivity contribution in [2.45, 2.75) is 0 Å². The Morgan fingerprint density at radius 2 is 2.14 bits per heavy atom. The Bertz CT molecular complexity index is 401. The normalized spacial score (nSPS) is 10.7. The van der Waals surface area contributed by atoms with E-state index in [1.165, 1.54) is 6.08 Å². The summed E-state index contributed by atoms with van der Waals surface area (Å²) in [6.45, 7) is 0. The molecular formula is C9H6BrFO3. The lowest BCUT2D eigenvalue weighted by Gasteiger charge is -2.01. The van der Waals surface area contributed by atoms with Crippen molar-refractivity contribution in [3.63, 3.8) is 0 Å². The molecule has 0 aromatic heterocycles. The molecule has 0 spiro atoms. The second kappa shape index (κ2) is 4.23. The number of carboxylic acids is 1. The van der Waals surface area contributed by atoms with Gasteiger partial charge in [-0.25, -0.2) is 9.18 Å². The second-order valence-electron chi connectivity index (χ2n) is 2.50. The third kappa shape index (κ3) is 2.56. The molecule has 0 fully saturated rings. The molecule has 1 rings (SSSR count). The number of phenolic OH excluding ortho intramolecular Hbond substituents is 1. The Kier molecular flexibility index (Phi) is 3.24. The van der Waals surface area contributed by atoms with E-state index in [1.54, 1.807) is 0 Å². The van der Waals surface area contributed by atoms with Gasteiger partial charge in [0, 0.05) is 12.1 Å². The maximum atomic E-state index is 12.8. The van der Waals surface area contributed by atoms with Crippen molar-refractivity contribution >= 4 is 28.0 Å². The number of carbonyl (C=O) groups is 1. The molecule has 0 atom stereocenters. The molecule has 1 aromatic rings. The molecule has 1 aromatic carbocycles. The fourth-order valence-corrected chi connectivity index (χ4v) is 1.24. The van der Waals surface area contributed by atoms with E-state index < -0.39 is 11.8 Å². The van der Waals surface area contributed by atoms with E-state index >= 15 is 0 Å². The van der Waals surface area contributed by atoms with E-state index in [0.717, 1.165) is 18.2 Å². The Morgan fingerprint density at radius 3 is 2.71 bits per heavy atom. The predicted octanol–water partition coefficient (Wildman–Crippen LogP) is 2.39. The molecule has 14 heavy (non-hydrogen) atoms. The molecule has 0 saturated carbocycles. The topological polar surface area (TPSA) is 57.5 Å². The first-order valence-corrected chi connectivity index (χ1v) is 4.39. The molecular weight excluding hydrogens is 255 g/mol. The number of hydrogen-bond acceptors (Lipinski definition) is 2. The lowest BCUT2D eigenvalue weighted by molar-refractivity contribution is -0.131. The first-order valence-electron chi connectivity index (χ1n) is 3.59. The van der Waals surface area contributed by atoms with E-state index in [-0.39, 0.29) is 15.8 Å². The van der Waals surface area contributed by atoms with Gasteiger partial charge in [0.25, 0.3) is 0 Å². The van der Waals surface area contributed by atoms with Gasteiger partial charge in [-0.1, -0.05) is 0 Å². The minimum absolute atomic E-state index is 0.261. The first-order chi connectivity index (χ1) is 6.50. The van der Waals surface area contributed by atoms with Crippen LogP contribution >= 0.6 is 15.9 Å². The molecule has 5 heteroatoms. The van der Waals surface area contributed by atoms with Crippen molar-refractivity contribution < 1.29 is 19.4 Å². The average Bonchev–Trinajstić information content (AvgIpc) is 2.08. The van der Waals surface area contributed by atoms with Gasteiger partial charge in [-0.15, -0.1) is 0 Å². The molecule has 0 aliphatic heterocycles. The second-order valence-corrected chi connectivity index (χ2v) is 3.29. The van der Waals surface area contributed by atoms with Crippen molar-refractivity contribution in [2.24, 2.45) is 0 Å². The molecule has 0 saturated heterocycles. The van der Waals surface area contributed by atoms with Crippen LogP contribution in [-0.4, -0.2) is 16.2 Å². The van der Waals surface area contributed by atoms with Crippen LogP contribution in [0.1, 0.15) is 5.56 Å². The van der Waals surface area contributed by atoms with Crippen LogP contribution in [0.25, 0.3) is 6.08 Å². The van der Waals surface area contributed by atoms with E-state index in [1.807, 2.05) is 0 Å². The standard InChI is InChI=1S/C9H6BrFO3/c10-9-5(1-2-8(13)14)3-6(11)4-7(9)12/h1-4,12H,(H,13,14)/b2-1+. The van der Waals surface area contributed by atoms with E-state index in [0.29, 0.717) is 0 Å². The third-order valence-electron chi connectivity index (χ3n) is 1.45. The van der Waals surface area contributed by atoms with Gasteiger partial charge in [0.2, 0.25) is 0 Å². The summed E-state index contributed by atoms with van der Waals surface area (Å²) in [6, 6.07) is 2.05. The Hall–Kier alpha value is -1.36. The fraction of sp³-hybridized carbons (Fsp3) is 0. The molecule has 0 amide bonds. The maximum Gasteiger partial charge on any atom is 0.328 e. The smallest absolute Gasteiger partial charge is 0.328 e. The number of aliphatic carboxylic acids is 1. The predicted molar refractivity (Wildman–Crippen MR) is 52.4 cm³/mol. The number of halogens is 2. The summed E-state index contributed by atoms with van der Waals surface area (Å²) < 4.78 is 13.0. The number of hydrogen-bond donors (Lipinski definition) is 2. The fourth-order valence-electron chi connectivity index (χ4n) is 0.878. The first kappa shape index (κ1) is 10.7. The minimum Gasteiger partial charge on any atom is -0.507 e.